The van der Waals surface area contributed by atoms with Crippen LogP contribution in [0.2, 0.25) is 0 Å². The molecule has 0 aliphatic carbocycles. The molecule has 7 heteroatoms. The Morgan fingerprint density at radius 2 is 1.65 bits per heavy atom. The summed E-state index contributed by atoms with van der Waals surface area (Å²) in [5.41, 5.74) is -0.851. The molecular weight excluding hydrogens is 275 g/mol. The molecular formula is C13H8F3NO3. The number of nitro groups is 1. The molecule has 20 heavy (non-hydrogen) atoms. The normalized spacial score (nSPS) is 11.3. The van der Waals surface area contributed by atoms with E-state index in [4.69, 9.17) is 0 Å². The van der Waals surface area contributed by atoms with Gasteiger partial charge in [0.05, 0.1) is 16.1 Å². The summed E-state index contributed by atoms with van der Waals surface area (Å²) >= 11 is 0. The molecule has 104 valence electrons. The summed E-state index contributed by atoms with van der Waals surface area (Å²) in [6, 6.07) is 7.32. The highest BCUT2D eigenvalue weighted by Gasteiger charge is 2.30. The Balaban J connectivity index is 2.52. The van der Waals surface area contributed by atoms with Gasteiger partial charge in [-0.15, -0.1) is 0 Å². The molecule has 2 aromatic carbocycles. The Kier molecular flexibility index (Phi) is 3.35. The number of halogens is 3. The third kappa shape index (κ3) is 2.71. The van der Waals surface area contributed by atoms with Crippen LogP contribution in [0.4, 0.5) is 18.9 Å². The number of aromatic hydroxyl groups is 1. The van der Waals surface area contributed by atoms with Crippen LogP contribution >= 0.6 is 0 Å². The number of hydrogen-bond donors (Lipinski definition) is 1. The Bertz CT molecular complexity index is 651. The van der Waals surface area contributed by atoms with E-state index in [0.29, 0.717) is 0 Å². The van der Waals surface area contributed by atoms with Crippen molar-refractivity contribution in [3.8, 4) is 16.9 Å². The fourth-order valence-electron chi connectivity index (χ4n) is 1.75. The zero-order valence-electron chi connectivity index (χ0n) is 9.89. The van der Waals surface area contributed by atoms with E-state index in [1.54, 1.807) is 0 Å². The van der Waals surface area contributed by atoms with E-state index in [1.807, 2.05) is 0 Å². The molecule has 0 fully saturated rings. The van der Waals surface area contributed by atoms with Crippen LogP contribution in [0.3, 0.4) is 0 Å². The van der Waals surface area contributed by atoms with E-state index < -0.39 is 16.7 Å². The van der Waals surface area contributed by atoms with Crippen LogP contribution in [0.15, 0.2) is 42.5 Å². The molecule has 0 aromatic heterocycles. The van der Waals surface area contributed by atoms with Gasteiger partial charge in [0.2, 0.25) is 0 Å². The largest absolute Gasteiger partial charge is 0.508 e. The molecule has 4 nitrogen and oxygen atoms in total. The Hall–Kier alpha value is -2.57. The number of phenols is 1. The van der Waals surface area contributed by atoms with Gasteiger partial charge in [-0.1, -0.05) is 12.1 Å². The van der Waals surface area contributed by atoms with Crippen molar-refractivity contribution in [2.45, 2.75) is 6.18 Å². The maximum absolute atomic E-state index is 12.4. The second-order valence-corrected chi connectivity index (χ2v) is 4.03. The topological polar surface area (TPSA) is 63.4 Å². The molecule has 0 aliphatic heterocycles. The van der Waals surface area contributed by atoms with E-state index in [0.717, 1.165) is 42.5 Å². The lowest BCUT2D eigenvalue weighted by molar-refractivity contribution is -0.384. The van der Waals surface area contributed by atoms with E-state index in [2.05, 4.69) is 0 Å². The lowest BCUT2D eigenvalue weighted by Crippen LogP contribution is -2.04. The summed E-state index contributed by atoms with van der Waals surface area (Å²) in [5, 5.41) is 20.2. The van der Waals surface area contributed by atoms with Crippen LogP contribution in [-0.4, -0.2) is 10.0 Å². The monoisotopic (exact) mass is 283 g/mol. The first kappa shape index (κ1) is 13.9. The van der Waals surface area contributed by atoms with Gasteiger partial charge < -0.3 is 5.11 Å². The van der Waals surface area contributed by atoms with Crippen molar-refractivity contribution >= 4 is 5.69 Å². The van der Waals surface area contributed by atoms with Crippen LogP contribution in [0.25, 0.3) is 11.1 Å². The van der Waals surface area contributed by atoms with Crippen molar-refractivity contribution < 1.29 is 23.2 Å². The quantitative estimate of drug-likeness (QED) is 0.669. The molecule has 0 bridgehead atoms. The molecule has 2 rings (SSSR count). The van der Waals surface area contributed by atoms with Gasteiger partial charge in [0.25, 0.3) is 5.69 Å². The smallest absolute Gasteiger partial charge is 0.416 e. The maximum Gasteiger partial charge on any atom is 0.416 e. The zero-order chi connectivity index (χ0) is 14.9. The highest BCUT2D eigenvalue weighted by molar-refractivity contribution is 5.75. The molecule has 0 atom stereocenters. The highest BCUT2D eigenvalue weighted by Crippen LogP contribution is 2.35. The fraction of sp³-hybridized carbons (Fsp3) is 0.0769. The van der Waals surface area contributed by atoms with Gasteiger partial charge in [-0.2, -0.15) is 13.2 Å². The van der Waals surface area contributed by atoms with Crippen LogP contribution < -0.4 is 0 Å². The maximum atomic E-state index is 12.4. The number of benzene rings is 2. The standard InChI is InChI=1S/C13H8F3NO3/c14-13(15,16)9-3-1-8(2-4-9)11-7-10(18)5-6-12(11)17(19)20/h1-7,18H. The fourth-order valence-corrected chi connectivity index (χ4v) is 1.75. The third-order valence-electron chi connectivity index (χ3n) is 2.70. The minimum Gasteiger partial charge on any atom is -0.508 e. The van der Waals surface area contributed by atoms with Crippen LogP contribution in [0.1, 0.15) is 5.56 Å². The van der Waals surface area contributed by atoms with Gasteiger partial charge >= 0.3 is 6.18 Å². The second-order valence-electron chi connectivity index (χ2n) is 4.03. The van der Waals surface area contributed by atoms with E-state index >= 15 is 0 Å². The van der Waals surface area contributed by atoms with E-state index in [-0.39, 0.29) is 22.6 Å². The summed E-state index contributed by atoms with van der Waals surface area (Å²) in [4.78, 5) is 10.2. The highest BCUT2D eigenvalue weighted by atomic mass is 19.4. The predicted octanol–water partition coefficient (Wildman–Crippen LogP) is 3.99. The summed E-state index contributed by atoms with van der Waals surface area (Å²) in [6.07, 6.45) is -4.47. The van der Waals surface area contributed by atoms with Gasteiger partial charge in [0.1, 0.15) is 5.75 Å². The second kappa shape index (κ2) is 4.84. The average Bonchev–Trinajstić information content (AvgIpc) is 2.37. The predicted molar refractivity (Wildman–Crippen MR) is 65.2 cm³/mol. The lowest BCUT2D eigenvalue weighted by Gasteiger charge is -2.08. The number of alkyl halides is 3. The minimum absolute atomic E-state index is 0.0590. The summed E-state index contributed by atoms with van der Waals surface area (Å²) in [6.45, 7) is 0. The lowest BCUT2D eigenvalue weighted by atomic mass is 10.0. The minimum atomic E-state index is -4.47. The Morgan fingerprint density at radius 3 is 2.15 bits per heavy atom. The summed E-state index contributed by atoms with van der Waals surface area (Å²) < 4.78 is 37.3. The van der Waals surface area contributed by atoms with Gasteiger partial charge in [-0.25, -0.2) is 0 Å². The molecule has 0 amide bonds. The van der Waals surface area contributed by atoms with Crippen molar-refractivity contribution in [3.05, 3.63) is 58.1 Å². The van der Waals surface area contributed by atoms with Crippen molar-refractivity contribution in [1.29, 1.82) is 0 Å². The van der Waals surface area contributed by atoms with Crippen LogP contribution in [-0.2, 0) is 6.18 Å². The van der Waals surface area contributed by atoms with E-state index in [9.17, 15) is 28.4 Å². The number of phenolic OH excluding ortho intramolecular Hbond substituents is 1. The Labute approximate surface area is 111 Å². The molecule has 0 heterocycles. The van der Waals surface area contributed by atoms with Gasteiger partial charge in [-0.05, 0) is 29.8 Å². The molecule has 2 aromatic rings. The molecule has 0 unspecified atom stereocenters. The first-order chi connectivity index (χ1) is 9.29. The van der Waals surface area contributed by atoms with E-state index in [1.165, 1.54) is 0 Å². The van der Waals surface area contributed by atoms with Gasteiger partial charge in [-0.3, -0.25) is 10.1 Å². The molecule has 0 saturated heterocycles. The molecule has 0 aliphatic rings. The number of hydrogen-bond acceptors (Lipinski definition) is 3. The molecule has 0 saturated carbocycles. The summed E-state index contributed by atoms with van der Waals surface area (Å²) in [5.74, 6) is -0.203. The third-order valence-corrected chi connectivity index (χ3v) is 2.70. The van der Waals surface area contributed by atoms with Crippen molar-refractivity contribution in [3.63, 3.8) is 0 Å². The number of nitro benzene ring substituents is 1. The van der Waals surface area contributed by atoms with Crippen molar-refractivity contribution in [1.82, 2.24) is 0 Å². The van der Waals surface area contributed by atoms with Crippen LogP contribution in [0.5, 0.6) is 5.75 Å². The van der Waals surface area contributed by atoms with Gasteiger partial charge in [0, 0.05) is 6.07 Å². The first-order valence-electron chi connectivity index (χ1n) is 5.44. The Morgan fingerprint density at radius 1 is 1.05 bits per heavy atom. The van der Waals surface area contributed by atoms with Crippen LogP contribution in [0, 0.1) is 10.1 Å². The molecule has 1 N–H and O–H groups in total. The molecule has 0 radical (unpaired) electrons. The molecule has 0 spiro atoms. The zero-order valence-corrected chi connectivity index (χ0v) is 9.89. The average molecular weight is 283 g/mol. The van der Waals surface area contributed by atoms with Crippen molar-refractivity contribution in [2.75, 3.05) is 0 Å². The van der Waals surface area contributed by atoms with Crippen molar-refractivity contribution in [2.24, 2.45) is 0 Å². The number of rotatable bonds is 2. The van der Waals surface area contributed by atoms with Gasteiger partial charge in [0.15, 0.2) is 0 Å². The summed E-state index contributed by atoms with van der Waals surface area (Å²) in [7, 11) is 0. The SMILES string of the molecule is O=[N+]([O-])c1ccc(O)cc1-c1ccc(C(F)(F)F)cc1. The number of nitrogens with zero attached hydrogens (tertiary/aromatic N) is 1. The first-order valence-corrected chi connectivity index (χ1v) is 5.44.